The quantitative estimate of drug-likeness (QED) is 0.567. The molecule has 2 aliphatic heterocycles. The highest BCUT2D eigenvalue weighted by molar-refractivity contribution is 6.33. The van der Waals surface area contributed by atoms with E-state index in [-0.39, 0.29) is 54.0 Å². The number of hydrogen-bond acceptors (Lipinski definition) is 8. The van der Waals surface area contributed by atoms with Gasteiger partial charge in [-0.05, 0) is 44.6 Å². The monoisotopic (exact) mass is 500 g/mol. The molecule has 1 N–H and O–H groups in total. The molecular formula is C24H25ClN4O6. The van der Waals surface area contributed by atoms with E-state index in [1.54, 1.807) is 0 Å². The fourth-order valence-corrected chi connectivity index (χ4v) is 4.41. The van der Waals surface area contributed by atoms with E-state index in [4.69, 9.17) is 30.2 Å². The Morgan fingerprint density at radius 1 is 1.17 bits per heavy atom. The molecule has 2 aliphatic rings. The molecule has 10 nitrogen and oxygen atoms in total. The minimum Gasteiger partial charge on any atom is -0.485 e. The first-order valence-corrected chi connectivity index (χ1v) is 11.8. The number of benzene rings is 2. The number of halogens is 1. The SMILES string of the molecule is CN1CCC(n2nc(-c3cc(Cl)c(OC(=O)NCc4ccccc4)c4c3OCCO4)oc2=O)CC1. The molecule has 5 rings (SSSR count). The first kappa shape index (κ1) is 23.3. The molecule has 3 heterocycles. The number of nitrogens with one attached hydrogen (secondary N) is 1. The van der Waals surface area contributed by atoms with Crippen molar-refractivity contribution in [3.8, 4) is 28.7 Å². The molecule has 3 aromatic rings. The van der Waals surface area contributed by atoms with Crippen molar-refractivity contribution in [2.45, 2.75) is 25.4 Å². The van der Waals surface area contributed by atoms with Crippen molar-refractivity contribution in [2.75, 3.05) is 33.4 Å². The number of piperidine rings is 1. The molecule has 2 aromatic carbocycles. The van der Waals surface area contributed by atoms with Crippen LogP contribution in [-0.4, -0.2) is 54.1 Å². The molecule has 11 heteroatoms. The van der Waals surface area contributed by atoms with Crippen molar-refractivity contribution in [3.63, 3.8) is 0 Å². The zero-order valence-corrected chi connectivity index (χ0v) is 19.9. The van der Waals surface area contributed by atoms with Gasteiger partial charge in [0.2, 0.25) is 5.75 Å². The van der Waals surface area contributed by atoms with Gasteiger partial charge in [-0.25, -0.2) is 9.59 Å². The van der Waals surface area contributed by atoms with E-state index < -0.39 is 11.8 Å². The number of nitrogens with zero attached hydrogens (tertiary/aromatic N) is 3. The second-order valence-electron chi connectivity index (χ2n) is 8.47. The molecule has 0 spiro atoms. The number of hydrogen-bond donors (Lipinski definition) is 1. The molecule has 0 atom stereocenters. The van der Waals surface area contributed by atoms with Crippen molar-refractivity contribution in [1.29, 1.82) is 0 Å². The van der Waals surface area contributed by atoms with Gasteiger partial charge in [0.1, 0.15) is 13.2 Å². The normalized spacial score (nSPS) is 16.2. The Bertz CT molecular complexity index is 1270. The minimum atomic E-state index is -0.696. The summed E-state index contributed by atoms with van der Waals surface area (Å²) in [6.45, 7) is 2.53. The molecule has 184 valence electrons. The van der Waals surface area contributed by atoms with Gasteiger partial charge >= 0.3 is 11.8 Å². The Morgan fingerprint density at radius 3 is 2.63 bits per heavy atom. The predicted octanol–water partition coefficient (Wildman–Crippen LogP) is 3.48. The third kappa shape index (κ3) is 4.98. The lowest BCUT2D eigenvalue weighted by Gasteiger charge is -2.27. The third-order valence-electron chi connectivity index (χ3n) is 6.03. The van der Waals surface area contributed by atoms with Gasteiger partial charge in [-0.1, -0.05) is 41.9 Å². The summed E-state index contributed by atoms with van der Waals surface area (Å²) in [5.41, 5.74) is 1.27. The molecule has 1 amide bonds. The Morgan fingerprint density at radius 2 is 1.89 bits per heavy atom. The molecular weight excluding hydrogens is 476 g/mol. The average Bonchev–Trinajstić information content (AvgIpc) is 3.26. The van der Waals surface area contributed by atoms with Crippen LogP contribution in [0.4, 0.5) is 4.79 Å². The molecule has 1 fully saturated rings. The summed E-state index contributed by atoms with van der Waals surface area (Å²) < 4.78 is 23.9. The van der Waals surface area contributed by atoms with Crippen LogP contribution in [0, 0.1) is 0 Å². The Labute approximate surface area is 206 Å². The second-order valence-corrected chi connectivity index (χ2v) is 8.88. The average molecular weight is 501 g/mol. The minimum absolute atomic E-state index is 0.0211. The lowest BCUT2D eigenvalue weighted by Crippen LogP contribution is -2.34. The van der Waals surface area contributed by atoms with Gasteiger partial charge in [0.05, 0.1) is 16.6 Å². The number of carbonyl (C=O) groups is 1. The first-order chi connectivity index (χ1) is 17.0. The van der Waals surface area contributed by atoms with Gasteiger partial charge in [0, 0.05) is 6.54 Å². The molecule has 0 bridgehead atoms. The Balaban J connectivity index is 1.41. The van der Waals surface area contributed by atoms with Crippen molar-refractivity contribution in [2.24, 2.45) is 0 Å². The van der Waals surface area contributed by atoms with E-state index in [1.165, 1.54) is 10.7 Å². The van der Waals surface area contributed by atoms with Crippen molar-refractivity contribution in [3.05, 3.63) is 57.5 Å². The standard InChI is InChI=1S/C24H25ClN4O6/c1-28-9-7-16(8-10-28)29-24(31)35-22(27-29)17-13-18(25)20(21-19(17)32-11-12-33-21)34-23(30)26-14-15-5-3-2-4-6-15/h2-6,13,16H,7-12,14H2,1H3,(H,26,30). The molecule has 0 aliphatic carbocycles. The topological polar surface area (TPSA) is 108 Å². The molecule has 0 saturated carbocycles. The summed E-state index contributed by atoms with van der Waals surface area (Å²) in [6.07, 6.45) is 0.898. The van der Waals surface area contributed by atoms with Crippen LogP contribution in [0.15, 0.2) is 45.6 Å². The maximum Gasteiger partial charge on any atom is 0.437 e. The van der Waals surface area contributed by atoms with E-state index >= 15 is 0 Å². The summed E-state index contributed by atoms with van der Waals surface area (Å²) in [4.78, 5) is 27.3. The third-order valence-corrected chi connectivity index (χ3v) is 6.31. The number of rotatable bonds is 5. The Hall–Kier alpha value is -3.50. The first-order valence-electron chi connectivity index (χ1n) is 11.4. The van der Waals surface area contributed by atoms with Crippen LogP contribution in [-0.2, 0) is 6.54 Å². The van der Waals surface area contributed by atoms with Gasteiger partial charge in [0.25, 0.3) is 5.89 Å². The van der Waals surface area contributed by atoms with E-state index in [0.717, 1.165) is 31.5 Å². The zero-order chi connectivity index (χ0) is 24.4. The molecule has 1 aromatic heterocycles. The molecule has 35 heavy (non-hydrogen) atoms. The van der Waals surface area contributed by atoms with E-state index in [1.807, 2.05) is 37.4 Å². The van der Waals surface area contributed by atoms with Gasteiger partial charge in [0.15, 0.2) is 11.5 Å². The Kier molecular flexibility index (Phi) is 6.65. The lowest BCUT2D eigenvalue weighted by molar-refractivity contribution is 0.161. The number of carbonyl (C=O) groups excluding carboxylic acids is 1. The fourth-order valence-electron chi connectivity index (χ4n) is 4.17. The van der Waals surface area contributed by atoms with Crippen molar-refractivity contribution < 1.29 is 23.4 Å². The number of aromatic nitrogens is 2. The van der Waals surface area contributed by atoms with Crippen LogP contribution in [0.1, 0.15) is 24.4 Å². The second kappa shape index (κ2) is 10.0. The number of amides is 1. The zero-order valence-electron chi connectivity index (χ0n) is 19.2. The number of fused-ring (bicyclic) bond motifs is 1. The van der Waals surface area contributed by atoms with E-state index in [9.17, 15) is 9.59 Å². The van der Waals surface area contributed by atoms with Gasteiger partial charge < -0.3 is 28.8 Å². The van der Waals surface area contributed by atoms with Gasteiger partial charge in [-0.2, -0.15) is 4.68 Å². The summed E-state index contributed by atoms with van der Waals surface area (Å²) in [7, 11) is 2.05. The van der Waals surface area contributed by atoms with Crippen molar-refractivity contribution >= 4 is 17.7 Å². The number of ether oxygens (including phenoxy) is 3. The molecule has 0 radical (unpaired) electrons. The van der Waals surface area contributed by atoms with Crippen LogP contribution < -0.4 is 25.3 Å². The summed E-state index contributed by atoms with van der Waals surface area (Å²) in [6, 6.07) is 10.9. The number of likely N-dealkylation sites (tertiary alicyclic amines) is 1. The summed E-state index contributed by atoms with van der Waals surface area (Å²) >= 11 is 6.49. The molecule has 0 unspecified atom stereocenters. The van der Waals surface area contributed by atoms with Gasteiger partial charge in [-0.15, -0.1) is 5.10 Å². The fraction of sp³-hybridized carbons (Fsp3) is 0.375. The van der Waals surface area contributed by atoms with Crippen LogP contribution in [0.3, 0.4) is 0 Å². The van der Waals surface area contributed by atoms with E-state index in [0.29, 0.717) is 5.56 Å². The van der Waals surface area contributed by atoms with Crippen LogP contribution in [0.5, 0.6) is 17.2 Å². The van der Waals surface area contributed by atoms with E-state index in [2.05, 4.69) is 15.3 Å². The smallest absolute Gasteiger partial charge is 0.437 e. The van der Waals surface area contributed by atoms with Crippen molar-refractivity contribution in [1.82, 2.24) is 20.0 Å². The highest BCUT2D eigenvalue weighted by atomic mass is 35.5. The predicted molar refractivity (Wildman–Crippen MR) is 127 cm³/mol. The maximum absolute atomic E-state index is 12.6. The highest BCUT2D eigenvalue weighted by Gasteiger charge is 2.30. The summed E-state index contributed by atoms with van der Waals surface area (Å²) in [5.74, 6) is -0.0457. The summed E-state index contributed by atoms with van der Waals surface area (Å²) in [5, 5.41) is 7.21. The maximum atomic E-state index is 12.6. The largest absolute Gasteiger partial charge is 0.485 e. The van der Waals surface area contributed by atoms with Crippen LogP contribution in [0.2, 0.25) is 5.02 Å². The molecule has 1 saturated heterocycles. The lowest BCUT2D eigenvalue weighted by atomic mass is 10.1. The van der Waals surface area contributed by atoms with Crippen LogP contribution >= 0.6 is 11.6 Å². The van der Waals surface area contributed by atoms with Gasteiger partial charge in [-0.3, -0.25) is 0 Å². The van der Waals surface area contributed by atoms with Crippen LogP contribution in [0.25, 0.3) is 11.5 Å². The highest BCUT2D eigenvalue weighted by Crippen LogP contribution is 2.49.